The van der Waals surface area contributed by atoms with Crippen molar-refractivity contribution in [1.82, 2.24) is 15.2 Å². The van der Waals surface area contributed by atoms with Crippen LogP contribution in [-0.2, 0) is 32.6 Å². The molecular weight excluding hydrogens is 554 g/mol. The molecule has 0 spiro atoms. The van der Waals surface area contributed by atoms with E-state index in [2.05, 4.69) is 15.2 Å². The highest BCUT2D eigenvalue weighted by Gasteiger charge is 2.70. The SMILES string of the molecule is CC.CC12CN(Cc3ccc(C(F)(F)F)cc3)CCC1(c1ccc3ncc(C4CCC(=O)NC4=O)cc3c1F)O2.CO. The molecule has 3 fully saturated rings. The van der Waals surface area contributed by atoms with Crippen molar-refractivity contribution in [3.05, 3.63) is 76.7 Å². The van der Waals surface area contributed by atoms with E-state index in [0.717, 1.165) is 24.8 Å². The molecule has 1 aromatic heterocycles. The summed E-state index contributed by atoms with van der Waals surface area (Å²) in [5.41, 5.74) is 0.0658. The van der Waals surface area contributed by atoms with Crippen LogP contribution in [0.5, 0.6) is 0 Å². The van der Waals surface area contributed by atoms with E-state index in [1.54, 1.807) is 24.4 Å². The van der Waals surface area contributed by atoms with Crippen molar-refractivity contribution < 1.29 is 37.0 Å². The number of nitrogens with one attached hydrogen (secondary N) is 1. The molecule has 2 N–H and O–H groups in total. The maximum absolute atomic E-state index is 16.0. The average molecular weight is 590 g/mol. The van der Waals surface area contributed by atoms with Crippen LogP contribution in [0.2, 0.25) is 0 Å². The van der Waals surface area contributed by atoms with Crippen LogP contribution in [-0.4, -0.2) is 52.6 Å². The van der Waals surface area contributed by atoms with E-state index in [1.165, 1.54) is 12.1 Å². The molecule has 3 aliphatic rings. The zero-order chi connectivity index (χ0) is 30.9. The molecule has 0 aliphatic carbocycles. The topological polar surface area (TPSA) is 95.1 Å². The Morgan fingerprint density at radius 3 is 2.43 bits per heavy atom. The highest BCUT2D eigenvalue weighted by Crippen LogP contribution is 2.61. The Hall–Kier alpha value is -3.41. The number of piperidine rings is 2. The summed E-state index contributed by atoms with van der Waals surface area (Å²) in [6.45, 7) is 7.48. The Labute approximate surface area is 241 Å². The third-order valence-electron chi connectivity index (χ3n) is 8.10. The van der Waals surface area contributed by atoms with Crippen molar-refractivity contribution in [2.45, 2.75) is 69.9 Å². The summed E-state index contributed by atoms with van der Waals surface area (Å²) in [4.78, 5) is 30.3. The standard InChI is InChI=1S/C28H25F4N3O3.C2H6.CH4O/c1-26-15-35(14-16-2-4-18(5-3-16)28(30,31)32)11-10-27(26,38-26)21-7-8-22-20(24(21)29)12-17(13-33-22)19-6-9-23(36)34-25(19)37;2*1-2/h2-5,7-8,12-13,19H,6,9-11,14-15H2,1H3,(H,34,36,37);1-2H3;2H,1H3. The fourth-order valence-corrected chi connectivity index (χ4v) is 6.02. The number of aromatic nitrogens is 1. The molecule has 3 aromatic rings. The zero-order valence-electron chi connectivity index (χ0n) is 24.0. The fourth-order valence-electron chi connectivity index (χ4n) is 6.02. The molecule has 0 radical (unpaired) electrons. The number of carbonyl (C=O) groups is 2. The number of halogens is 4. The number of nitrogens with zero attached hydrogens (tertiary/aromatic N) is 2. The second-order valence-corrected chi connectivity index (χ2v) is 10.6. The summed E-state index contributed by atoms with van der Waals surface area (Å²) >= 11 is 0. The van der Waals surface area contributed by atoms with E-state index >= 15 is 4.39 Å². The Kier molecular flexibility index (Phi) is 9.05. The van der Waals surface area contributed by atoms with Gasteiger partial charge in [0.05, 0.1) is 17.0 Å². The first-order valence-corrected chi connectivity index (χ1v) is 13.9. The number of alkyl halides is 3. The number of likely N-dealkylation sites (tertiary alicyclic amines) is 1. The number of imide groups is 1. The van der Waals surface area contributed by atoms with Crippen molar-refractivity contribution in [1.29, 1.82) is 0 Å². The predicted molar refractivity (Wildman–Crippen MR) is 149 cm³/mol. The van der Waals surface area contributed by atoms with Crippen LogP contribution in [0, 0.1) is 5.82 Å². The molecule has 3 aliphatic heterocycles. The fraction of sp³-hybridized carbons (Fsp3) is 0.452. The van der Waals surface area contributed by atoms with Gasteiger partial charge in [0.15, 0.2) is 0 Å². The van der Waals surface area contributed by atoms with Gasteiger partial charge in [-0.2, -0.15) is 13.2 Å². The number of hydrogen-bond donors (Lipinski definition) is 2. The molecule has 3 saturated heterocycles. The summed E-state index contributed by atoms with van der Waals surface area (Å²) in [5.74, 6) is -1.73. The average Bonchev–Trinajstić information content (AvgIpc) is 3.61. The Bertz CT molecular complexity index is 1460. The summed E-state index contributed by atoms with van der Waals surface area (Å²) < 4.78 is 60.9. The molecule has 226 valence electrons. The number of ether oxygens (including phenoxy) is 1. The van der Waals surface area contributed by atoms with Gasteiger partial charge in [0.2, 0.25) is 11.8 Å². The van der Waals surface area contributed by atoms with E-state index in [0.29, 0.717) is 54.5 Å². The van der Waals surface area contributed by atoms with Gasteiger partial charge in [-0.25, -0.2) is 4.39 Å². The number of fused-ring (bicyclic) bond motifs is 2. The Morgan fingerprint density at radius 1 is 1.12 bits per heavy atom. The number of amides is 2. The number of pyridine rings is 1. The summed E-state index contributed by atoms with van der Waals surface area (Å²) in [7, 11) is 1.00. The quantitative estimate of drug-likeness (QED) is 0.239. The largest absolute Gasteiger partial charge is 0.416 e. The number of rotatable bonds is 4. The van der Waals surface area contributed by atoms with Gasteiger partial charge < -0.3 is 9.84 Å². The number of aliphatic hydroxyl groups is 1. The minimum absolute atomic E-state index is 0.218. The predicted octanol–water partition coefficient (Wildman–Crippen LogP) is 5.44. The van der Waals surface area contributed by atoms with Crippen molar-refractivity contribution in [2.75, 3.05) is 20.2 Å². The van der Waals surface area contributed by atoms with Crippen molar-refractivity contribution in [3.8, 4) is 0 Å². The summed E-state index contributed by atoms with van der Waals surface area (Å²) in [5, 5.41) is 9.62. The van der Waals surface area contributed by atoms with Gasteiger partial charge in [0.1, 0.15) is 17.0 Å². The minimum atomic E-state index is -4.37. The van der Waals surface area contributed by atoms with Gasteiger partial charge in [-0.3, -0.25) is 24.8 Å². The third-order valence-corrected chi connectivity index (χ3v) is 8.10. The lowest BCUT2D eigenvalue weighted by Crippen LogP contribution is -2.44. The van der Waals surface area contributed by atoms with E-state index in [1.807, 2.05) is 20.8 Å². The molecule has 0 saturated carbocycles. The second kappa shape index (κ2) is 12.1. The summed E-state index contributed by atoms with van der Waals surface area (Å²) in [6.07, 6.45) is -1.74. The molecular formula is C31H35F4N3O4. The lowest BCUT2D eigenvalue weighted by atomic mass is 9.80. The molecule has 7 nitrogen and oxygen atoms in total. The van der Waals surface area contributed by atoms with E-state index in [9.17, 15) is 22.8 Å². The normalized spacial score (nSPS) is 25.4. The van der Waals surface area contributed by atoms with Gasteiger partial charge in [-0.1, -0.05) is 32.0 Å². The molecule has 42 heavy (non-hydrogen) atoms. The highest BCUT2D eigenvalue weighted by atomic mass is 19.4. The van der Waals surface area contributed by atoms with Gasteiger partial charge >= 0.3 is 6.18 Å². The maximum Gasteiger partial charge on any atom is 0.416 e. The van der Waals surface area contributed by atoms with Gasteiger partial charge in [0.25, 0.3) is 0 Å². The first-order chi connectivity index (χ1) is 20.0. The van der Waals surface area contributed by atoms with Gasteiger partial charge in [0, 0.05) is 50.3 Å². The Balaban J connectivity index is 0.000000972. The third kappa shape index (κ3) is 5.77. The van der Waals surface area contributed by atoms with Crippen molar-refractivity contribution >= 4 is 22.7 Å². The van der Waals surface area contributed by atoms with E-state index in [4.69, 9.17) is 9.84 Å². The molecule has 3 atom stereocenters. The molecule has 6 rings (SSSR count). The lowest BCUT2D eigenvalue weighted by molar-refractivity contribution is -0.138. The maximum atomic E-state index is 16.0. The number of epoxide rings is 1. The van der Waals surface area contributed by atoms with Crippen LogP contribution >= 0.6 is 0 Å². The summed E-state index contributed by atoms with van der Waals surface area (Å²) in [6, 6.07) is 10.2. The second-order valence-electron chi connectivity index (χ2n) is 10.6. The zero-order valence-corrected chi connectivity index (χ0v) is 24.0. The number of benzene rings is 2. The lowest BCUT2D eigenvalue weighted by Gasteiger charge is -2.33. The van der Waals surface area contributed by atoms with Crippen molar-refractivity contribution in [2.24, 2.45) is 0 Å². The Morgan fingerprint density at radius 2 is 1.81 bits per heavy atom. The number of hydrogen-bond acceptors (Lipinski definition) is 6. The van der Waals surface area contributed by atoms with Crippen LogP contribution in [0.15, 0.2) is 48.7 Å². The minimum Gasteiger partial charge on any atom is -0.400 e. The molecule has 11 heteroatoms. The molecule has 2 amide bonds. The monoisotopic (exact) mass is 589 g/mol. The molecule has 2 aromatic carbocycles. The van der Waals surface area contributed by atoms with Gasteiger partial charge in [-0.15, -0.1) is 0 Å². The van der Waals surface area contributed by atoms with Gasteiger partial charge in [-0.05, 0) is 55.2 Å². The highest BCUT2D eigenvalue weighted by molar-refractivity contribution is 6.01. The van der Waals surface area contributed by atoms with E-state index in [-0.39, 0.29) is 12.3 Å². The molecule has 3 unspecified atom stereocenters. The van der Waals surface area contributed by atoms with E-state index < -0.39 is 40.6 Å². The van der Waals surface area contributed by atoms with Crippen LogP contribution in [0.4, 0.5) is 17.6 Å². The van der Waals surface area contributed by atoms with Crippen LogP contribution in [0.3, 0.4) is 0 Å². The number of carbonyl (C=O) groups excluding carboxylic acids is 2. The molecule has 0 bridgehead atoms. The first kappa shape index (κ1) is 31.5. The first-order valence-electron chi connectivity index (χ1n) is 13.9. The van der Waals surface area contributed by atoms with Crippen LogP contribution < -0.4 is 5.32 Å². The molecule has 4 heterocycles. The van der Waals surface area contributed by atoms with Crippen molar-refractivity contribution in [3.63, 3.8) is 0 Å². The van der Waals surface area contributed by atoms with Crippen LogP contribution in [0.25, 0.3) is 10.9 Å². The smallest absolute Gasteiger partial charge is 0.400 e. The van der Waals surface area contributed by atoms with Crippen LogP contribution in [0.1, 0.15) is 68.2 Å². The number of aliphatic hydroxyl groups excluding tert-OH is 1.